The van der Waals surface area contributed by atoms with E-state index in [4.69, 9.17) is 0 Å². The molecule has 1 heterocycles. The third kappa shape index (κ3) is 0.903. The van der Waals surface area contributed by atoms with Gasteiger partial charge in [-0.05, 0) is 23.6 Å². The van der Waals surface area contributed by atoms with Crippen LogP contribution in [0, 0.1) is 0 Å². The molecule has 0 radical (unpaired) electrons. The molecule has 1 aromatic heterocycles. The number of para-hydroxylation sites is 1. The van der Waals surface area contributed by atoms with Crippen molar-refractivity contribution in [1.29, 1.82) is 0 Å². The summed E-state index contributed by atoms with van der Waals surface area (Å²) >= 11 is 0. The monoisotopic (exact) mass is 167 g/mol. The number of fused-ring (bicyclic) bond motifs is 3. The quantitative estimate of drug-likeness (QED) is 0.588. The summed E-state index contributed by atoms with van der Waals surface area (Å²) in [6.45, 7) is 0. The molecule has 1 aliphatic carbocycles. The first-order chi connectivity index (χ1) is 6.45. The molecule has 0 bridgehead atoms. The van der Waals surface area contributed by atoms with Crippen molar-refractivity contribution in [1.82, 2.24) is 4.98 Å². The van der Waals surface area contributed by atoms with Crippen LogP contribution in [0.3, 0.4) is 0 Å². The van der Waals surface area contributed by atoms with Gasteiger partial charge in [0.15, 0.2) is 0 Å². The van der Waals surface area contributed by atoms with Crippen LogP contribution >= 0.6 is 0 Å². The van der Waals surface area contributed by atoms with Crippen molar-refractivity contribution >= 4 is 17.0 Å². The fourth-order valence-corrected chi connectivity index (χ4v) is 1.89. The second kappa shape index (κ2) is 2.43. The van der Waals surface area contributed by atoms with Crippen LogP contribution < -0.4 is 0 Å². The fraction of sp³-hybridized carbons (Fsp3) is 0.0833. The van der Waals surface area contributed by atoms with Gasteiger partial charge in [0.05, 0.1) is 5.52 Å². The van der Waals surface area contributed by atoms with Crippen molar-refractivity contribution in [3.63, 3.8) is 0 Å². The van der Waals surface area contributed by atoms with Gasteiger partial charge in [-0.15, -0.1) is 0 Å². The van der Waals surface area contributed by atoms with Gasteiger partial charge < -0.3 is 0 Å². The molecule has 13 heavy (non-hydrogen) atoms. The van der Waals surface area contributed by atoms with Gasteiger partial charge in [-0.2, -0.15) is 0 Å². The molecule has 0 N–H and O–H groups in total. The highest BCUT2D eigenvalue weighted by atomic mass is 14.7. The first-order valence-corrected chi connectivity index (χ1v) is 4.48. The Morgan fingerprint density at radius 2 is 2.08 bits per heavy atom. The summed E-state index contributed by atoms with van der Waals surface area (Å²) < 4.78 is 0. The Balaban J connectivity index is 2.46. The second-order valence-corrected chi connectivity index (χ2v) is 3.32. The molecule has 0 unspecified atom stereocenters. The fourth-order valence-electron chi connectivity index (χ4n) is 1.89. The van der Waals surface area contributed by atoms with Crippen LogP contribution in [0.1, 0.15) is 11.1 Å². The first kappa shape index (κ1) is 6.84. The zero-order valence-electron chi connectivity index (χ0n) is 7.20. The molecule has 0 aliphatic heterocycles. The maximum absolute atomic E-state index is 4.40. The number of benzene rings is 1. The van der Waals surface area contributed by atoms with E-state index in [1.165, 1.54) is 16.5 Å². The van der Waals surface area contributed by atoms with Gasteiger partial charge in [0.25, 0.3) is 0 Å². The second-order valence-electron chi connectivity index (χ2n) is 3.32. The Bertz CT molecular complexity index is 497. The summed E-state index contributed by atoms with van der Waals surface area (Å²) in [4.78, 5) is 4.40. The number of aromatic nitrogens is 1. The van der Waals surface area contributed by atoms with Crippen molar-refractivity contribution in [2.24, 2.45) is 0 Å². The Morgan fingerprint density at radius 3 is 3.08 bits per heavy atom. The molecule has 1 heteroatoms. The van der Waals surface area contributed by atoms with Gasteiger partial charge in [0.1, 0.15) is 0 Å². The molecule has 1 aromatic carbocycles. The van der Waals surface area contributed by atoms with Crippen LogP contribution in [0.2, 0.25) is 0 Å². The van der Waals surface area contributed by atoms with Crippen LogP contribution in [0.5, 0.6) is 0 Å². The molecule has 1 nitrogen and oxygen atoms in total. The Kier molecular flexibility index (Phi) is 1.28. The molecule has 1 aliphatic rings. The lowest BCUT2D eigenvalue weighted by Crippen LogP contribution is -1.87. The van der Waals surface area contributed by atoms with Crippen molar-refractivity contribution in [2.45, 2.75) is 6.42 Å². The number of pyridine rings is 1. The van der Waals surface area contributed by atoms with Gasteiger partial charge in [0, 0.05) is 11.6 Å². The van der Waals surface area contributed by atoms with E-state index in [1.54, 1.807) is 0 Å². The largest absolute Gasteiger partial charge is 0.256 e. The molecule has 2 aromatic rings. The highest BCUT2D eigenvalue weighted by Crippen LogP contribution is 2.25. The minimum Gasteiger partial charge on any atom is -0.256 e. The van der Waals surface area contributed by atoms with E-state index in [2.05, 4.69) is 35.3 Å². The Morgan fingerprint density at radius 1 is 1.15 bits per heavy atom. The van der Waals surface area contributed by atoms with Gasteiger partial charge >= 0.3 is 0 Å². The lowest BCUT2D eigenvalue weighted by atomic mass is 10.1. The SMILES string of the molecule is C1=Cc2cnc3ccccc3c2C1. The van der Waals surface area contributed by atoms with Crippen LogP contribution in [-0.2, 0) is 6.42 Å². The normalized spacial score (nSPS) is 13.5. The minimum absolute atomic E-state index is 1.05. The summed E-state index contributed by atoms with van der Waals surface area (Å²) in [6.07, 6.45) is 7.35. The summed E-state index contributed by atoms with van der Waals surface area (Å²) in [5.74, 6) is 0. The number of hydrogen-bond acceptors (Lipinski definition) is 1. The average Bonchev–Trinajstić information content (AvgIpc) is 2.65. The van der Waals surface area contributed by atoms with Crippen LogP contribution in [0.4, 0.5) is 0 Å². The molecule has 0 saturated heterocycles. The number of hydrogen-bond donors (Lipinski definition) is 0. The number of allylic oxidation sites excluding steroid dienone is 1. The molecule has 0 spiro atoms. The molecule has 3 rings (SSSR count). The average molecular weight is 167 g/mol. The smallest absolute Gasteiger partial charge is 0.0705 e. The molecule has 0 saturated carbocycles. The maximum atomic E-state index is 4.40. The van der Waals surface area contributed by atoms with Gasteiger partial charge in [0.2, 0.25) is 0 Å². The molecule has 0 amide bonds. The lowest BCUT2D eigenvalue weighted by molar-refractivity contribution is 1.30. The van der Waals surface area contributed by atoms with Crippen LogP contribution in [-0.4, -0.2) is 4.98 Å². The third-order valence-electron chi connectivity index (χ3n) is 2.54. The molecular weight excluding hydrogens is 158 g/mol. The van der Waals surface area contributed by atoms with E-state index in [-0.39, 0.29) is 0 Å². The summed E-state index contributed by atoms with van der Waals surface area (Å²) in [6, 6.07) is 8.31. The summed E-state index contributed by atoms with van der Waals surface area (Å²) in [7, 11) is 0. The van der Waals surface area contributed by atoms with E-state index in [0.29, 0.717) is 0 Å². The Hall–Kier alpha value is -1.63. The zero-order chi connectivity index (χ0) is 8.67. The highest BCUT2D eigenvalue weighted by molar-refractivity contribution is 5.86. The lowest BCUT2D eigenvalue weighted by Gasteiger charge is -2.03. The maximum Gasteiger partial charge on any atom is 0.0705 e. The third-order valence-corrected chi connectivity index (χ3v) is 2.54. The standard InChI is InChI=1S/C12H9N/c1-2-7-12-11(5-1)10-6-3-4-9(10)8-13-12/h1-5,7-8H,6H2. The predicted octanol–water partition coefficient (Wildman–Crippen LogP) is 2.80. The van der Waals surface area contributed by atoms with Crippen molar-refractivity contribution in [2.75, 3.05) is 0 Å². The molecule has 0 fully saturated rings. The van der Waals surface area contributed by atoms with E-state index < -0.39 is 0 Å². The van der Waals surface area contributed by atoms with Crippen molar-refractivity contribution in [3.8, 4) is 0 Å². The highest BCUT2D eigenvalue weighted by Gasteiger charge is 2.08. The van der Waals surface area contributed by atoms with Crippen molar-refractivity contribution in [3.05, 3.63) is 47.7 Å². The van der Waals surface area contributed by atoms with E-state index in [0.717, 1.165) is 11.9 Å². The number of nitrogens with zero attached hydrogens (tertiary/aromatic N) is 1. The van der Waals surface area contributed by atoms with E-state index in [1.807, 2.05) is 12.3 Å². The molecule has 0 atom stereocenters. The minimum atomic E-state index is 1.05. The predicted molar refractivity (Wildman–Crippen MR) is 54.5 cm³/mol. The Labute approximate surface area is 76.7 Å². The molecule has 62 valence electrons. The summed E-state index contributed by atoms with van der Waals surface area (Å²) in [5.41, 5.74) is 3.80. The van der Waals surface area contributed by atoms with E-state index in [9.17, 15) is 0 Å². The molecular formula is C12H9N. The van der Waals surface area contributed by atoms with Gasteiger partial charge in [-0.25, -0.2) is 0 Å². The topological polar surface area (TPSA) is 12.9 Å². The van der Waals surface area contributed by atoms with Crippen molar-refractivity contribution < 1.29 is 0 Å². The van der Waals surface area contributed by atoms with Crippen LogP contribution in [0.15, 0.2) is 36.5 Å². The van der Waals surface area contributed by atoms with Gasteiger partial charge in [-0.3, -0.25) is 4.98 Å². The van der Waals surface area contributed by atoms with E-state index >= 15 is 0 Å². The number of rotatable bonds is 0. The zero-order valence-corrected chi connectivity index (χ0v) is 7.20. The summed E-state index contributed by atoms with van der Waals surface area (Å²) in [5, 5.41) is 1.30. The first-order valence-electron chi connectivity index (χ1n) is 4.48. The van der Waals surface area contributed by atoms with Crippen LogP contribution in [0.25, 0.3) is 17.0 Å². The van der Waals surface area contributed by atoms with Gasteiger partial charge in [-0.1, -0.05) is 30.4 Å².